The van der Waals surface area contributed by atoms with Gasteiger partial charge in [-0.15, -0.1) is 0 Å². The molecular formula is C13H17ClFN. The molecule has 1 saturated carbocycles. The molecule has 1 N–H and O–H groups in total. The van der Waals surface area contributed by atoms with Gasteiger partial charge in [-0.2, -0.15) is 0 Å². The van der Waals surface area contributed by atoms with Gasteiger partial charge in [0.25, 0.3) is 0 Å². The molecule has 0 bridgehead atoms. The zero-order valence-electron chi connectivity index (χ0n) is 9.31. The molecule has 1 aromatic rings. The lowest BCUT2D eigenvalue weighted by molar-refractivity contribution is 0.370. The van der Waals surface area contributed by atoms with Crippen molar-refractivity contribution in [1.82, 2.24) is 5.32 Å². The molecule has 0 spiro atoms. The molecule has 1 aliphatic rings. The molecular weight excluding hydrogens is 225 g/mol. The lowest BCUT2D eigenvalue weighted by atomic mass is 9.95. The summed E-state index contributed by atoms with van der Waals surface area (Å²) in [4.78, 5) is 0. The number of benzene rings is 1. The van der Waals surface area contributed by atoms with Crippen LogP contribution in [-0.4, -0.2) is 6.04 Å². The third-order valence-electron chi connectivity index (χ3n) is 3.20. The van der Waals surface area contributed by atoms with E-state index in [-0.39, 0.29) is 5.82 Å². The van der Waals surface area contributed by atoms with Gasteiger partial charge in [0, 0.05) is 23.2 Å². The minimum absolute atomic E-state index is 0.212. The molecule has 3 heteroatoms. The molecule has 0 heterocycles. The van der Waals surface area contributed by atoms with Crippen LogP contribution in [0.5, 0.6) is 0 Å². The summed E-state index contributed by atoms with van der Waals surface area (Å²) in [6.07, 6.45) is 6.36. The van der Waals surface area contributed by atoms with Crippen LogP contribution in [0.25, 0.3) is 0 Å². The normalized spacial score (nSPS) is 17.6. The highest BCUT2D eigenvalue weighted by atomic mass is 35.5. The summed E-state index contributed by atoms with van der Waals surface area (Å²) < 4.78 is 13.5. The van der Waals surface area contributed by atoms with E-state index >= 15 is 0 Å². The first-order chi connectivity index (χ1) is 7.75. The van der Waals surface area contributed by atoms with Crippen molar-refractivity contribution in [3.05, 3.63) is 34.6 Å². The molecule has 0 aliphatic heterocycles. The Morgan fingerprint density at radius 2 is 2.00 bits per heavy atom. The Balaban J connectivity index is 1.88. The Morgan fingerprint density at radius 1 is 1.25 bits per heavy atom. The fourth-order valence-electron chi connectivity index (χ4n) is 2.23. The van der Waals surface area contributed by atoms with Crippen molar-refractivity contribution in [1.29, 1.82) is 0 Å². The molecule has 16 heavy (non-hydrogen) atoms. The highest BCUT2D eigenvalue weighted by Crippen LogP contribution is 2.19. The van der Waals surface area contributed by atoms with Crippen molar-refractivity contribution in [2.75, 3.05) is 0 Å². The second-order valence-corrected chi connectivity index (χ2v) is 4.89. The van der Waals surface area contributed by atoms with Crippen molar-refractivity contribution in [3.63, 3.8) is 0 Å². The Bertz CT molecular complexity index is 348. The van der Waals surface area contributed by atoms with Crippen LogP contribution in [0.15, 0.2) is 18.2 Å². The molecule has 0 amide bonds. The summed E-state index contributed by atoms with van der Waals surface area (Å²) in [5.74, 6) is -0.212. The van der Waals surface area contributed by atoms with Crippen LogP contribution in [0.3, 0.4) is 0 Å². The maximum absolute atomic E-state index is 13.5. The van der Waals surface area contributed by atoms with Crippen LogP contribution in [0.2, 0.25) is 5.02 Å². The van der Waals surface area contributed by atoms with Gasteiger partial charge in [-0.1, -0.05) is 36.9 Å². The smallest absolute Gasteiger partial charge is 0.129 e. The molecule has 0 unspecified atom stereocenters. The molecule has 2 rings (SSSR count). The predicted octanol–water partition coefficient (Wildman–Crippen LogP) is 3.90. The van der Waals surface area contributed by atoms with E-state index in [2.05, 4.69) is 5.32 Å². The third-order valence-corrected chi connectivity index (χ3v) is 3.44. The number of rotatable bonds is 3. The second-order valence-electron chi connectivity index (χ2n) is 4.45. The van der Waals surface area contributed by atoms with Crippen molar-refractivity contribution in [2.45, 2.75) is 44.7 Å². The molecule has 1 aliphatic carbocycles. The highest BCUT2D eigenvalue weighted by Gasteiger charge is 2.13. The summed E-state index contributed by atoms with van der Waals surface area (Å²) in [6.45, 7) is 0.605. The van der Waals surface area contributed by atoms with Gasteiger partial charge in [0.2, 0.25) is 0 Å². The quantitative estimate of drug-likeness (QED) is 0.846. The van der Waals surface area contributed by atoms with Crippen LogP contribution in [-0.2, 0) is 6.54 Å². The lowest BCUT2D eigenvalue weighted by Gasteiger charge is -2.22. The molecule has 0 saturated heterocycles. The van der Waals surface area contributed by atoms with Crippen LogP contribution in [0.4, 0.5) is 4.39 Å². The van der Waals surface area contributed by atoms with Crippen LogP contribution >= 0.6 is 11.6 Å². The maximum atomic E-state index is 13.5. The first kappa shape index (κ1) is 11.9. The predicted molar refractivity (Wildman–Crippen MR) is 65.1 cm³/mol. The zero-order valence-corrected chi connectivity index (χ0v) is 10.1. The Morgan fingerprint density at radius 3 is 2.69 bits per heavy atom. The summed E-state index contributed by atoms with van der Waals surface area (Å²) in [6, 6.07) is 5.43. The van der Waals surface area contributed by atoms with Gasteiger partial charge < -0.3 is 5.32 Å². The topological polar surface area (TPSA) is 12.0 Å². The van der Waals surface area contributed by atoms with Crippen molar-refractivity contribution in [3.8, 4) is 0 Å². The van der Waals surface area contributed by atoms with Gasteiger partial charge in [-0.3, -0.25) is 0 Å². The number of nitrogens with one attached hydrogen (secondary N) is 1. The number of hydrogen-bond donors (Lipinski definition) is 1. The molecule has 1 fully saturated rings. The molecule has 88 valence electrons. The highest BCUT2D eigenvalue weighted by molar-refractivity contribution is 6.30. The van der Waals surface area contributed by atoms with E-state index in [0.717, 1.165) is 0 Å². The van der Waals surface area contributed by atoms with E-state index in [0.29, 0.717) is 23.2 Å². The van der Waals surface area contributed by atoms with E-state index in [9.17, 15) is 4.39 Å². The van der Waals surface area contributed by atoms with E-state index in [1.807, 2.05) is 0 Å². The third kappa shape index (κ3) is 3.19. The first-order valence-electron chi connectivity index (χ1n) is 5.93. The Labute approximate surface area is 101 Å². The first-order valence-corrected chi connectivity index (χ1v) is 6.31. The second kappa shape index (κ2) is 5.65. The van der Waals surface area contributed by atoms with Crippen molar-refractivity contribution < 1.29 is 4.39 Å². The molecule has 0 atom stereocenters. The van der Waals surface area contributed by atoms with E-state index in [1.165, 1.54) is 38.2 Å². The van der Waals surface area contributed by atoms with E-state index in [4.69, 9.17) is 11.6 Å². The zero-order chi connectivity index (χ0) is 11.4. The van der Waals surface area contributed by atoms with Gasteiger partial charge in [0.1, 0.15) is 5.82 Å². The molecule has 1 nitrogen and oxygen atoms in total. The summed E-state index contributed by atoms with van der Waals surface area (Å²) in [5, 5.41) is 3.87. The largest absolute Gasteiger partial charge is 0.310 e. The van der Waals surface area contributed by atoms with Crippen LogP contribution in [0.1, 0.15) is 37.7 Å². The minimum atomic E-state index is -0.212. The summed E-state index contributed by atoms with van der Waals surface area (Å²) in [5.41, 5.74) is 0.704. The average Bonchev–Trinajstić information content (AvgIpc) is 2.29. The standard InChI is InChI=1S/C13H17ClFN/c14-11-7-6-10(13(15)8-11)9-16-12-4-2-1-3-5-12/h6-8,12,16H,1-5,9H2. The summed E-state index contributed by atoms with van der Waals surface area (Å²) in [7, 11) is 0. The Hall–Kier alpha value is -0.600. The van der Waals surface area contributed by atoms with E-state index in [1.54, 1.807) is 12.1 Å². The van der Waals surface area contributed by atoms with Gasteiger partial charge in [0.05, 0.1) is 0 Å². The fraction of sp³-hybridized carbons (Fsp3) is 0.538. The van der Waals surface area contributed by atoms with Crippen molar-refractivity contribution >= 4 is 11.6 Å². The maximum Gasteiger partial charge on any atom is 0.129 e. The lowest BCUT2D eigenvalue weighted by Crippen LogP contribution is -2.30. The van der Waals surface area contributed by atoms with Gasteiger partial charge in [-0.05, 0) is 25.0 Å². The van der Waals surface area contributed by atoms with Crippen LogP contribution < -0.4 is 5.32 Å². The summed E-state index contributed by atoms with van der Waals surface area (Å²) >= 11 is 5.71. The van der Waals surface area contributed by atoms with Gasteiger partial charge >= 0.3 is 0 Å². The van der Waals surface area contributed by atoms with Gasteiger partial charge in [-0.25, -0.2) is 4.39 Å². The van der Waals surface area contributed by atoms with Crippen molar-refractivity contribution in [2.24, 2.45) is 0 Å². The molecule has 1 aromatic carbocycles. The monoisotopic (exact) mass is 241 g/mol. The molecule has 0 radical (unpaired) electrons. The SMILES string of the molecule is Fc1cc(Cl)ccc1CNC1CCCCC1. The number of hydrogen-bond acceptors (Lipinski definition) is 1. The van der Waals surface area contributed by atoms with E-state index < -0.39 is 0 Å². The van der Waals surface area contributed by atoms with Gasteiger partial charge in [0.15, 0.2) is 0 Å². The fourth-order valence-corrected chi connectivity index (χ4v) is 2.38. The average molecular weight is 242 g/mol. The Kier molecular flexibility index (Phi) is 4.19. The minimum Gasteiger partial charge on any atom is -0.310 e. The van der Waals surface area contributed by atoms with Crippen LogP contribution in [0, 0.1) is 5.82 Å². The number of halogens is 2. The molecule has 0 aromatic heterocycles.